The Morgan fingerprint density at radius 2 is 2.00 bits per heavy atom. The number of hydrogen-bond acceptors (Lipinski definition) is 3. The molecule has 2 rings (SSSR count). The normalized spacial score (nSPS) is 12.1. The largest absolute Gasteiger partial charge is 0.345 e. The number of hydrogen-bond donors (Lipinski definition) is 1. The van der Waals surface area contributed by atoms with Crippen LogP contribution in [0.25, 0.3) is 0 Å². The fraction of sp³-hybridized carbons (Fsp3) is 0.231. The van der Waals surface area contributed by atoms with Gasteiger partial charge in [-0.25, -0.2) is 0 Å². The highest BCUT2D eigenvalue weighted by atomic mass is 32.1. The zero-order valence-corrected chi connectivity index (χ0v) is 10.6. The Bertz CT molecular complexity index is 507. The number of amides is 1. The molecular formula is C13H14N2OS. The van der Waals surface area contributed by atoms with E-state index in [0.717, 1.165) is 15.3 Å². The third kappa shape index (κ3) is 2.91. The highest BCUT2D eigenvalue weighted by molar-refractivity contribution is 7.13. The van der Waals surface area contributed by atoms with E-state index in [1.165, 1.54) is 11.3 Å². The van der Waals surface area contributed by atoms with E-state index in [0.29, 0.717) is 0 Å². The van der Waals surface area contributed by atoms with Gasteiger partial charge in [-0.3, -0.25) is 9.78 Å². The molecule has 0 aliphatic rings. The molecule has 4 heteroatoms. The van der Waals surface area contributed by atoms with Crippen LogP contribution in [0.2, 0.25) is 0 Å². The summed E-state index contributed by atoms with van der Waals surface area (Å²) in [6, 6.07) is 7.62. The van der Waals surface area contributed by atoms with Crippen molar-refractivity contribution >= 4 is 17.2 Å². The van der Waals surface area contributed by atoms with Gasteiger partial charge in [0.1, 0.15) is 0 Å². The van der Waals surface area contributed by atoms with E-state index in [1.54, 1.807) is 12.4 Å². The van der Waals surface area contributed by atoms with E-state index in [2.05, 4.69) is 10.3 Å². The molecule has 0 radical (unpaired) electrons. The van der Waals surface area contributed by atoms with Gasteiger partial charge in [0.15, 0.2) is 0 Å². The van der Waals surface area contributed by atoms with Gasteiger partial charge in [-0.05, 0) is 43.7 Å². The molecule has 2 aromatic rings. The average molecular weight is 246 g/mol. The van der Waals surface area contributed by atoms with Crippen LogP contribution in [0.15, 0.2) is 36.7 Å². The third-order valence-electron chi connectivity index (χ3n) is 2.52. The minimum absolute atomic E-state index is 0.00657. The summed E-state index contributed by atoms with van der Waals surface area (Å²) in [5, 5.41) is 2.97. The zero-order valence-electron chi connectivity index (χ0n) is 9.81. The molecule has 0 aromatic carbocycles. The summed E-state index contributed by atoms with van der Waals surface area (Å²) in [4.78, 5) is 17.8. The second-order valence-electron chi connectivity index (χ2n) is 3.89. The van der Waals surface area contributed by atoms with Gasteiger partial charge in [-0.1, -0.05) is 0 Å². The maximum Gasteiger partial charge on any atom is 0.261 e. The minimum atomic E-state index is -0.0209. The lowest BCUT2D eigenvalue weighted by molar-refractivity contribution is 0.0944. The van der Waals surface area contributed by atoms with Gasteiger partial charge < -0.3 is 5.32 Å². The maximum atomic E-state index is 11.9. The van der Waals surface area contributed by atoms with Crippen LogP contribution in [0.5, 0.6) is 0 Å². The summed E-state index contributed by atoms with van der Waals surface area (Å²) < 4.78 is 0. The van der Waals surface area contributed by atoms with Crippen LogP contribution < -0.4 is 5.32 Å². The van der Waals surface area contributed by atoms with Crippen molar-refractivity contribution < 1.29 is 4.79 Å². The first kappa shape index (κ1) is 11.8. The Morgan fingerprint density at radius 3 is 2.59 bits per heavy atom. The molecule has 0 saturated carbocycles. The van der Waals surface area contributed by atoms with Crippen molar-refractivity contribution in [3.05, 3.63) is 52.0 Å². The summed E-state index contributed by atoms with van der Waals surface area (Å²) >= 11 is 1.51. The number of carbonyl (C=O) groups excluding carboxylic acids is 1. The SMILES string of the molecule is Cc1ccc(C(=O)N[C@@H](C)c2ccncc2)s1. The summed E-state index contributed by atoms with van der Waals surface area (Å²) in [5.74, 6) is -0.0209. The summed E-state index contributed by atoms with van der Waals surface area (Å²) in [6.45, 7) is 3.96. The first-order chi connectivity index (χ1) is 8.16. The molecule has 0 spiro atoms. The van der Waals surface area contributed by atoms with Crippen LogP contribution in [0, 0.1) is 6.92 Å². The highest BCUT2D eigenvalue weighted by Gasteiger charge is 2.12. The number of thiophene rings is 1. The Labute approximate surface area is 105 Å². The second kappa shape index (κ2) is 5.10. The molecule has 1 amide bonds. The Balaban J connectivity index is 2.04. The van der Waals surface area contributed by atoms with E-state index < -0.39 is 0 Å². The van der Waals surface area contributed by atoms with Crippen LogP contribution in [0.3, 0.4) is 0 Å². The van der Waals surface area contributed by atoms with E-state index in [4.69, 9.17) is 0 Å². The number of carbonyl (C=O) groups is 1. The Hall–Kier alpha value is -1.68. The van der Waals surface area contributed by atoms with Crippen LogP contribution in [0.4, 0.5) is 0 Å². The number of nitrogens with zero attached hydrogens (tertiary/aromatic N) is 1. The van der Waals surface area contributed by atoms with Crippen LogP contribution in [0.1, 0.15) is 33.1 Å². The summed E-state index contributed by atoms with van der Waals surface area (Å²) in [5.41, 5.74) is 1.06. The van der Waals surface area contributed by atoms with Gasteiger partial charge in [0.25, 0.3) is 5.91 Å². The van der Waals surface area contributed by atoms with Gasteiger partial charge in [-0.2, -0.15) is 0 Å². The molecule has 0 fully saturated rings. The molecule has 2 heterocycles. The van der Waals surface area contributed by atoms with Crippen LogP contribution >= 0.6 is 11.3 Å². The predicted molar refractivity (Wildman–Crippen MR) is 69.2 cm³/mol. The monoisotopic (exact) mass is 246 g/mol. The molecule has 0 unspecified atom stereocenters. The molecule has 17 heavy (non-hydrogen) atoms. The standard InChI is InChI=1S/C13H14N2OS/c1-9-3-4-12(17-9)13(16)15-10(2)11-5-7-14-8-6-11/h3-8,10H,1-2H3,(H,15,16)/t10-/m0/s1. The Kier molecular flexibility index (Phi) is 3.54. The van der Waals surface area contributed by atoms with Gasteiger partial charge in [0, 0.05) is 17.3 Å². The lowest BCUT2D eigenvalue weighted by atomic mass is 10.1. The average Bonchev–Trinajstić information content (AvgIpc) is 2.77. The summed E-state index contributed by atoms with van der Waals surface area (Å²) in [6.07, 6.45) is 3.46. The van der Waals surface area contributed by atoms with E-state index in [-0.39, 0.29) is 11.9 Å². The van der Waals surface area contributed by atoms with Gasteiger partial charge in [0.05, 0.1) is 10.9 Å². The van der Waals surface area contributed by atoms with E-state index in [9.17, 15) is 4.79 Å². The molecule has 1 N–H and O–H groups in total. The minimum Gasteiger partial charge on any atom is -0.345 e. The fourth-order valence-electron chi connectivity index (χ4n) is 1.56. The van der Waals surface area contributed by atoms with Gasteiger partial charge in [-0.15, -0.1) is 11.3 Å². The molecule has 0 aliphatic heterocycles. The van der Waals surface area contributed by atoms with E-state index >= 15 is 0 Å². The first-order valence-corrected chi connectivity index (χ1v) is 6.25. The van der Waals surface area contributed by atoms with Crippen LogP contribution in [-0.2, 0) is 0 Å². The summed E-state index contributed by atoms with van der Waals surface area (Å²) in [7, 11) is 0. The molecule has 2 aromatic heterocycles. The molecule has 0 saturated heterocycles. The first-order valence-electron chi connectivity index (χ1n) is 5.44. The van der Waals surface area contributed by atoms with Crippen molar-refractivity contribution in [2.45, 2.75) is 19.9 Å². The molecule has 3 nitrogen and oxygen atoms in total. The lowest BCUT2D eigenvalue weighted by Gasteiger charge is -2.13. The van der Waals surface area contributed by atoms with Crippen molar-refractivity contribution in [2.75, 3.05) is 0 Å². The topological polar surface area (TPSA) is 42.0 Å². The molecule has 0 bridgehead atoms. The highest BCUT2D eigenvalue weighted by Crippen LogP contribution is 2.17. The molecule has 1 atom stereocenters. The predicted octanol–water partition coefficient (Wildman–Crippen LogP) is 2.94. The number of pyridine rings is 1. The van der Waals surface area contributed by atoms with Crippen molar-refractivity contribution in [3.8, 4) is 0 Å². The van der Waals surface area contributed by atoms with Crippen molar-refractivity contribution in [1.82, 2.24) is 10.3 Å². The second-order valence-corrected chi connectivity index (χ2v) is 5.17. The van der Waals surface area contributed by atoms with Crippen LogP contribution in [-0.4, -0.2) is 10.9 Å². The van der Waals surface area contributed by atoms with Gasteiger partial charge >= 0.3 is 0 Å². The molecule has 88 valence electrons. The van der Waals surface area contributed by atoms with Crippen molar-refractivity contribution in [1.29, 1.82) is 0 Å². The fourth-order valence-corrected chi connectivity index (χ4v) is 2.33. The molecular weight excluding hydrogens is 232 g/mol. The third-order valence-corrected chi connectivity index (χ3v) is 3.52. The maximum absolute atomic E-state index is 11.9. The number of aromatic nitrogens is 1. The van der Waals surface area contributed by atoms with Crippen molar-refractivity contribution in [3.63, 3.8) is 0 Å². The number of aryl methyl sites for hydroxylation is 1. The zero-order chi connectivity index (χ0) is 12.3. The Morgan fingerprint density at radius 1 is 1.29 bits per heavy atom. The van der Waals surface area contributed by atoms with Crippen molar-refractivity contribution in [2.24, 2.45) is 0 Å². The van der Waals surface area contributed by atoms with Gasteiger partial charge in [0.2, 0.25) is 0 Å². The molecule has 0 aliphatic carbocycles. The lowest BCUT2D eigenvalue weighted by Crippen LogP contribution is -2.25. The smallest absolute Gasteiger partial charge is 0.261 e. The number of rotatable bonds is 3. The van der Waals surface area contributed by atoms with E-state index in [1.807, 2.05) is 38.1 Å². The quantitative estimate of drug-likeness (QED) is 0.904. The number of nitrogens with one attached hydrogen (secondary N) is 1.